The number of carbonyl (C=O) groups excluding carboxylic acids is 1. The summed E-state index contributed by atoms with van der Waals surface area (Å²) in [7, 11) is 0. The monoisotopic (exact) mass is 515 g/mol. The molecule has 3 heterocycles. The number of halogens is 1. The zero-order chi connectivity index (χ0) is 26.3. The van der Waals surface area contributed by atoms with E-state index in [1.54, 1.807) is 35.4 Å². The molecule has 0 bridgehead atoms. The Kier molecular flexibility index (Phi) is 7.55. The number of nitrogens with zero attached hydrogens (tertiary/aromatic N) is 4. The number of nitrogens with one attached hydrogen (secondary N) is 3. The normalized spacial score (nSPS) is 13.1. The summed E-state index contributed by atoms with van der Waals surface area (Å²) < 4.78 is 19.5. The predicted octanol–water partition coefficient (Wildman–Crippen LogP) is 3.64. The van der Waals surface area contributed by atoms with Crippen LogP contribution >= 0.6 is 0 Å². The van der Waals surface area contributed by atoms with E-state index in [2.05, 4.69) is 31.1 Å². The average molecular weight is 516 g/mol. The molecule has 10 nitrogen and oxygen atoms in total. The summed E-state index contributed by atoms with van der Waals surface area (Å²) in [5, 5.41) is 13.0. The Labute approximate surface area is 218 Å². The van der Waals surface area contributed by atoms with Gasteiger partial charge in [0.1, 0.15) is 11.4 Å². The minimum atomic E-state index is -0.543. The van der Waals surface area contributed by atoms with Gasteiger partial charge in [-0.15, -0.1) is 0 Å². The maximum atomic E-state index is 14.2. The Balaban J connectivity index is 1.17. The minimum Gasteiger partial charge on any atom is -0.508 e. The quantitative estimate of drug-likeness (QED) is 0.260. The summed E-state index contributed by atoms with van der Waals surface area (Å²) >= 11 is 0. The zero-order valence-electron chi connectivity index (χ0n) is 20.4. The van der Waals surface area contributed by atoms with Crippen molar-refractivity contribution in [1.82, 2.24) is 20.4 Å². The molecule has 0 radical (unpaired) electrons. The number of aromatic hydroxyl groups is 1. The number of pyridine rings is 1. The average Bonchev–Trinajstić information content (AvgIpc) is 2.93. The molecule has 0 aliphatic carbocycles. The third kappa shape index (κ3) is 6.31. The topological polar surface area (TPSA) is 125 Å². The van der Waals surface area contributed by atoms with Gasteiger partial charge in [0.25, 0.3) is 5.91 Å². The third-order valence-electron chi connectivity index (χ3n) is 5.85. The van der Waals surface area contributed by atoms with Crippen LogP contribution < -0.4 is 21.1 Å². The first-order valence-electron chi connectivity index (χ1n) is 12.0. The number of morpholine rings is 1. The molecule has 1 aliphatic heterocycles. The molecule has 0 saturated carbocycles. The molecule has 1 fully saturated rings. The SMILES string of the molecule is O=C(NNc1ncc(F)c(N2CCOCC2)n1)c1ccc(Nc2cccc(Cc3cccc(O)c3)c2)cn1. The standard InChI is InChI=1S/C27H26FN7O3/c28-23-17-30-27(32-25(23)35-9-11-38-12-10-35)34-33-26(37)24-8-7-21(16-29-24)31-20-5-1-3-18(14-20)13-19-4-2-6-22(36)15-19/h1-8,14-17,31,36H,9-13H2,(H,33,37)(H,30,32,34). The fraction of sp³-hybridized carbons (Fsp3) is 0.185. The first kappa shape index (κ1) is 24.9. The molecule has 1 amide bonds. The number of rotatable bonds is 8. The molecule has 0 spiro atoms. The van der Waals surface area contributed by atoms with Crippen LogP contribution in [0.5, 0.6) is 5.75 Å². The highest BCUT2D eigenvalue weighted by atomic mass is 19.1. The Hall–Kier alpha value is -4.77. The van der Waals surface area contributed by atoms with E-state index < -0.39 is 11.7 Å². The lowest BCUT2D eigenvalue weighted by Gasteiger charge is -2.28. The number of amides is 1. The van der Waals surface area contributed by atoms with E-state index in [9.17, 15) is 14.3 Å². The van der Waals surface area contributed by atoms with E-state index >= 15 is 0 Å². The van der Waals surface area contributed by atoms with Crippen LogP contribution in [-0.4, -0.2) is 52.3 Å². The number of ether oxygens (including phenoxy) is 1. The highest BCUT2D eigenvalue weighted by Gasteiger charge is 2.18. The molecule has 0 atom stereocenters. The second-order valence-corrected chi connectivity index (χ2v) is 8.65. The van der Waals surface area contributed by atoms with Gasteiger partial charge in [-0.1, -0.05) is 24.3 Å². The molecule has 2 aromatic carbocycles. The number of hydrazine groups is 1. The van der Waals surface area contributed by atoms with Crippen LogP contribution in [0, 0.1) is 5.82 Å². The van der Waals surface area contributed by atoms with Crippen molar-refractivity contribution in [2.75, 3.05) is 41.9 Å². The Morgan fingerprint density at radius 1 is 0.974 bits per heavy atom. The number of hydrogen-bond acceptors (Lipinski definition) is 9. The molecule has 38 heavy (non-hydrogen) atoms. The molecule has 5 rings (SSSR count). The van der Waals surface area contributed by atoms with Gasteiger partial charge in [-0.05, 0) is 53.9 Å². The number of aromatic nitrogens is 3. The van der Waals surface area contributed by atoms with Crippen LogP contribution in [0.1, 0.15) is 21.6 Å². The lowest BCUT2D eigenvalue weighted by atomic mass is 10.0. The Morgan fingerprint density at radius 2 is 1.76 bits per heavy atom. The number of carbonyl (C=O) groups is 1. The first-order valence-corrected chi connectivity index (χ1v) is 12.0. The van der Waals surface area contributed by atoms with E-state index in [0.29, 0.717) is 38.4 Å². The summed E-state index contributed by atoms with van der Waals surface area (Å²) in [5.74, 6) is -0.584. The van der Waals surface area contributed by atoms with E-state index in [0.717, 1.165) is 23.0 Å². The van der Waals surface area contributed by atoms with Crippen LogP contribution in [0.4, 0.5) is 27.5 Å². The van der Waals surface area contributed by atoms with Gasteiger partial charge in [0, 0.05) is 18.8 Å². The van der Waals surface area contributed by atoms with Crippen LogP contribution in [0.15, 0.2) is 73.1 Å². The van der Waals surface area contributed by atoms with Crippen molar-refractivity contribution in [2.45, 2.75) is 6.42 Å². The van der Waals surface area contributed by atoms with Crippen LogP contribution in [0.3, 0.4) is 0 Å². The van der Waals surface area contributed by atoms with Crippen LogP contribution in [0.2, 0.25) is 0 Å². The van der Waals surface area contributed by atoms with Gasteiger partial charge in [0.05, 0.1) is 31.3 Å². The molecular formula is C27H26FN7O3. The number of hydrogen-bond donors (Lipinski definition) is 4. The third-order valence-corrected chi connectivity index (χ3v) is 5.85. The van der Waals surface area contributed by atoms with Crippen molar-refractivity contribution in [3.05, 3.63) is 95.7 Å². The molecule has 11 heteroatoms. The van der Waals surface area contributed by atoms with Crippen molar-refractivity contribution < 1.29 is 19.0 Å². The summed E-state index contributed by atoms with van der Waals surface area (Å²) in [4.78, 5) is 26.6. The van der Waals surface area contributed by atoms with E-state index in [4.69, 9.17) is 4.74 Å². The van der Waals surface area contributed by atoms with Crippen molar-refractivity contribution in [2.24, 2.45) is 0 Å². The maximum Gasteiger partial charge on any atom is 0.288 e. The van der Waals surface area contributed by atoms with E-state index in [1.165, 1.54) is 0 Å². The molecule has 0 unspecified atom stereocenters. The highest BCUT2D eigenvalue weighted by Crippen LogP contribution is 2.21. The van der Waals surface area contributed by atoms with Gasteiger partial charge >= 0.3 is 0 Å². The second kappa shape index (κ2) is 11.5. The fourth-order valence-electron chi connectivity index (χ4n) is 4.02. The number of benzene rings is 2. The van der Waals surface area contributed by atoms with Gasteiger partial charge in [-0.25, -0.2) is 14.4 Å². The van der Waals surface area contributed by atoms with E-state index in [-0.39, 0.29) is 23.2 Å². The molecule has 1 aliphatic rings. The number of phenols is 1. The molecule has 4 aromatic rings. The van der Waals surface area contributed by atoms with Gasteiger partial charge in [0.15, 0.2) is 11.6 Å². The fourth-order valence-corrected chi connectivity index (χ4v) is 4.02. The van der Waals surface area contributed by atoms with Gasteiger partial charge in [-0.3, -0.25) is 15.6 Å². The first-order chi connectivity index (χ1) is 18.5. The minimum absolute atomic E-state index is 0.0603. The van der Waals surface area contributed by atoms with Crippen LogP contribution in [-0.2, 0) is 11.2 Å². The Bertz CT molecular complexity index is 1410. The molecule has 4 N–H and O–H groups in total. The largest absolute Gasteiger partial charge is 0.508 e. The van der Waals surface area contributed by atoms with Gasteiger partial charge in [0.2, 0.25) is 5.95 Å². The predicted molar refractivity (Wildman–Crippen MR) is 141 cm³/mol. The maximum absolute atomic E-state index is 14.2. The molecule has 2 aromatic heterocycles. The highest BCUT2D eigenvalue weighted by molar-refractivity contribution is 5.93. The zero-order valence-corrected chi connectivity index (χ0v) is 20.4. The van der Waals surface area contributed by atoms with Crippen molar-refractivity contribution in [3.63, 3.8) is 0 Å². The summed E-state index contributed by atoms with van der Waals surface area (Å²) in [6.45, 7) is 2.02. The summed E-state index contributed by atoms with van der Waals surface area (Å²) in [6.07, 6.45) is 3.30. The van der Waals surface area contributed by atoms with Crippen molar-refractivity contribution in [3.8, 4) is 5.75 Å². The number of anilines is 4. The lowest BCUT2D eigenvalue weighted by molar-refractivity contribution is 0.0957. The van der Waals surface area contributed by atoms with Gasteiger partial charge in [-0.2, -0.15) is 4.98 Å². The second-order valence-electron chi connectivity index (χ2n) is 8.65. The lowest BCUT2D eigenvalue weighted by Crippen LogP contribution is -2.38. The molecular weight excluding hydrogens is 489 g/mol. The molecule has 194 valence electrons. The van der Waals surface area contributed by atoms with Crippen molar-refractivity contribution >= 4 is 29.0 Å². The smallest absolute Gasteiger partial charge is 0.288 e. The molecule has 1 saturated heterocycles. The van der Waals surface area contributed by atoms with Gasteiger partial charge < -0.3 is 20.1 Å². The van der Waals surface area contributed by atoms with Crippen molar-refractivity contribution in [1.29, 1.82) is 0 Å². The summed E-state index contributed by atoms with van der Waals surface area (Å²) in [5.41, 5.74) is 8.95. The van der Waals surface area contributed by atoms with E-state index in [1.807, 2.05) is 36.4 Å². The summed E-state index contributed by atoms with van der Waals surface area (Å²) in [6, 6.07) is 18.4. The number of phenolic OH excluding ortho intramolecular Hbond substituents is 1. The van der Waals surface area contributed by atoms with Crippen LogP contribution in [0.25, 0.3) is 0 Å². The Morgan fingerprint density at radius 3 is 2.53 bits per heavy atom.